The maximum atomic E-state index is 9.88. The molecule has 13 heavy (non-hydrogen) atoms. The van der Waals surface area contributed by atoms with Crippen LogP contribution in [0.4, 0.5) is 0 Å². The molecule has 0 aromatic heterocycles. The second-order valence-electron chi connectivity index (χ2n) is 3.95. The third kappa shape index (κ3) is 1.10. The first kappa shape index (κ1) is 7.54. The summed E-state index contributed by atoms with van der Waals surface area (Å²) < 4.78 is 0. The second kappa shape index (κ2) is 2.56. The summed E-state index contributed by atoms with van der Waals surface area (Å²) in [4.78, 5) is 2.33. The third-order valence-corrected chi connectivity index (χ3v) is 3.04. The minimum Gasteiger partial charge on any atom is -0.391 e. The van der Waals surface area contributed by atoms with Gasteiger partial charge in [-0.25, -0.2) is 0 Å². The first-order chi connectivity index (χ1) is 6.36. The molecule has 1 N–H and O–H groups in total. The number of hydrogen-bond acceptors (Lipinski definition) is 2. The van der Waals surface area contributed by atoms with Crippen molar-refractivity contribution in [3.05, 3.63) is 35.4 Å². The lowest BCUT2D eigenvalue weighted by atomic mass is 10.1. The number of fused-ring (bicyclic) bond motifs is 1. The molecular weight excluding hydrogens is 162 g/mol. The van der Waals surface area contributed by atoms with E-state index in [1.165, 1.54) is 11.1 Å². The second-order valence-corrected chi connectivity index (χ2v) is 3.95. The minimum absolute atomic E-state index is 0.181. The highest BCUT2D eigenvalue weighted by molar-refractivity contribution is 5.37. The fraction of sp³-hybridized carbons (Fsp3) is 0.455. The summed E-state index contributed by atoms with van der Waals surface area (Å²) in [6.07, 6.45) is 0.650. The zero-order valence-corrected chi connectivity index (χ0v) is 7.48. The molecule has 68 valence electrons. The Hall–Kier alpha value is -0.860. The van der Waals surface area contributed by atoms with E-state index in [2.05, 4.69) is 29.2 Å². The van der Waals surface area contributed by atoms with Crippen LogP contribution in [0, 0.1) is 0 Å². The molecule has 0 amide bonds. The van der Waals surface area contributed by atoms with Crippen molar-refractivity contribution in [2.45, 2.75) is 18.6 Å². The summed E-state index contributed by atoms with van der Waals surface area (Å²) in [5.74, 6) is 0. The molecule has 1 fully saturated rings. The predicted molar refractivity (Wildman–Crippen MR) is 50.5 cm³/mol. The van der Waals surface area contributed by atoms with Crippen molar-refractivity contribution in [1.29, 1.82) is 0 Å². The Morgan fingerprint density at radius 3 is 2.77 bits per heavy atom. The molecule has 2 atom stereocenters. The number of nitrogens with zero attached hydrogens (tertiary/aromatic N) is 1. The van der Waals surface area contributed by atoms with Gasteiger partial charge in [0.1, 0.15) is 0 Å². The van der Waals surface area contributed by atoms with Gasteiger partial charge in [0.05, 0.1) is 12.1 Å². The first-order valence-electron chi connectivity index (χ1n) is 4.86. The van der Waals surface area contributed by atoms with Crippen LogP contribution >= 0.6 is 0 Å². The van der Waals surface area contributed by atoms with Gasteiger partial charge in [-0.05, 0) is 11.1 Å². The predicted octanol–water partition coefficient (Wildman–Crippen LogP) is 0.960. The number of rotatable bonds is 1. The first-order valence-corrected chi connectivity index (χ1v) is 4.86. The summed E-state index contributed by atoms with van der Waals surface area (Å²) in [5.41, 5.74) is 2.67. The Morgan fingerprint density at radius 1 is 1.23 bits per heavy atom. The molecule has 3 rings (SSSR count). The lowest BCUT2D eigenvalue weighted by Gasteiger charge is -2.16. The largest absolute Gasteiger partial charge is 0.391 e. The monoisotopic (exact) mass is 175 g/mol. The van der Waals surface area contributed by atoms with Gasteiger partial charge in [-0.15, -0.1) is 0 Å². The molecular formula is C11H13NO. The summed E-state index contributed by atoms with van der Waals surface area (Å²) in [5, 5.41) is 9.88. The molecule has 2 aliphatic rings. The summed E-state index contributed by atoms with van der Waals surface area (Å²) in [6, 6.07) is 8.68. The van der Waals surface area contributed by atoms with Crippen molar-refractivity contribution in [2.24, 2.45) is 0 Å². The van der Waals surface area contributed by atoms with E-state index in [1.807, 2.05) is 0 Å². The van der Waals surface area contributed by atoms with Crippen LogP contribution in [-0.4, -0.2) is 29.2 Å². The molecule has 1 aromatic carbocycles. The molecule has 1 aromatic rings. The van der Waals surface area contributed by atoms with Crippen molar-refractivity contribution in [3.63, 3.8) is 0 Å². The van der Waals surface area contributed by atoms with E-state index in [0.717, 1.165) is 19.5 Å². The molecule has 0 bridgehead atoms. The van der Waals surface area contributed by atoms with Crippen LogP contribution in [0.25, 0.3) is 0 Å². The van der Waals surface area contributed by atoms with Crippen LogP contribution in [0.1, 0.15) is 17.2 Å². The summed E-state index contributed by atoms with van der Waals surface area (Å²) >= 11 is 0. The van der Waals surface area contributed by atoms with Crippen LogP contribution in [0.3, 0.4) is 0 Å². The number of benzene rings is 1. The van der Waals surface area contributed by atoms with Gasteiger partial charge < -0.3 is 5.11 Å². The van der Waals surface area contributed by atoms with Gasteiger partial charge in [0.2, 0.25) is 0 Å². The van der Waals surface area contributed by atoms with Crippen molar-refractivity contribution in [1.82, 2.24) is 4.90 Å². The molecule has 1 aliphatic heterocycles. The maximum absolute atomic E-state index is 9.88. The van der Waals surface area contributed by atoms with Gasteiger partial charge in [-0.2, -0.15) is 0 Å². The fourth-order valence-corrected chi connectivity index (χ4v) is 2.33. The minimum atomic E-state index is -0.181. The van der Waals surface area contributed by atoms with Gasteiger partial charge in [-0.3, -0.25) is 4.90 Å². The standard InChI is InChI=1S/C11H13NO/c13-10-7-8-3-1-2-4-9(8)11(10)12-5-6-12/h1-4,10-11,13H,5-7H2. The van der Waals surface area contributed by atoms with Crippen LogP contribution in [0.2, 0.25) is 0 Å². The zero-order chi connectivity index (χ0) is 8.84. The molecule has 0 radical (unpaired) electrons. The molecule has 1 aliphatic carbocycles. The molecule has 0 spiro atoms. The average Bonchev–Trinajstić information content (AvgIpc) is 2.88. The van der Waals surface area contributed by atoms with Gasteiger partial charge in [0.15, 0.2) is 0 Å². The summed E-state index contributed by atoms with van der Waals surface area (Å²) in [6.45, 7) is 2.30. The molecule has 0 saturated carbocycles. The SMILES string of the molecule is OC1Cc2ccccc2C1N1CC1. The summed E-state index contributed by atoms with van der Waals surface area (Å²) in [7, 11) is 0. The number of hydrogen-bond donors (Lipinski definition) is 1. The average molecular weight is 175 g/mol. The van der Waals surface area contributed by atoms with Crippen LogP contribution in [0.5, 0.6) is 0 Å². The lowest BCUT2D eigenvalue weighted by Crippen LogP contribution is -2.20. The topological polar surface area (TPSA) is 23.2 Å². The molecule has 1 saturated heterocycles. The lowest BCUT2D eigenvalue weighted by molar-refractivity contribution is 0.115. The van der Waals surface area contributed by atoms with E-state index in [4.69, 9.17) is 0 Å². The van der Waals surface area contributed by atoms with E-state index in [0.29, 0.717) is 0 Å². The van der Waals surface area contributed by atoms with Crippen molar-refractivity contribution >= 4 is 0 Å². The van der Waals surface area contributed by atoms with Crippen LogP contribution in [0.15, 0.2) is 24.3 Å². The highest BCUT2D eigenvalue weighted by atomic mass is 16.3. The van der Waals surface area contributed by atoms with E-state index in [-0.39, 0.29) is 12.1 Å². The number of aliphatic hydroxyl groups excluding tert-OH is 1. The Bertz CT molecular complexity index is 333. The molecule has 2 heteroatoms. The van der Waals surface area contributed by atoms with Crippen LogP contribution in [-0.2, 0) is 6.42 Å². The molecule has 2 unspecified atom stereocenters. The number of aliphatic hydroxyl groups is 1. The quantitative estimate of drug-likeness (QED) is 0.642. The normalized spacial score (nSPS) is 31.8. The highest BCUT2D eigenvalue weighted by Crippen LogP contribution is 2.38. The van der Waals surface area contributed by atoms with Crippen molar-refractivity contribution in [2.75, 3.05) is 13.1 Å². The fourth-order valence-electron chi connectivity index (χ4n) is 2.33. The smallest absolute Gasteiger partial charge is 0.0777 e. The highest BCUT2D eigenvalue weighted by Gasteiger charge is 2.39. The Morgan fingerprint density at radius 2 is 2.00 bits per heavy atom. The van der Waals surface area contributed by atoms with E-state index < -0.39 is 0 Å². The Labute approximate surface area is 77.8 Å². The van der Waals surface area contributed by atoms with E-state index in [9.17, 15) is 5.11 Å². The van der Waals surface area contributed by atoms with E-state index in [1.54, 1.807) is 0 Å². The van der Waals surface area contributed by atoms with Crippen molar-refractivity contribution in [3.8, 4) is 0 Å². The van der Waals surface area contributed by atoms with Crippen molar-refractivity contribution < 1.29 is 5.11 Å². The van der Waals surface area contributed by atoms with Crippen LogP contribution < -0.4 is 0 Å². The zero-order valence-electron chi connectivity index (χ0n) is 7.48. The van der Waals surface area contributed by atoms with Gasteiger partial charge in [0.25, 0.3) is 0 Å². The van der Waals surface area contributed by atoms with Gasteiger partial charge in [0, 0.05) is 19.5 Å². The maximum Gasteiger partial charge on any atom is 0.0777 e. The molecule has 2 nitrogen and oxygen atoms in total. The third-order valence-electron chi connectivity index (χ3n) is 3.04. The Kier molecular flexibility index (Phi) is 1.49. The molecule has 1 heterocycles. The van der Waals surface area contributed by atoms with Gasteiger partial charge in [-0.1, -0.05) is 24.3 Å². The van der Waals surface area contributed by atoms with Gasteiger partial charge >= 0.3 is 0 Å². The Balaban J connectivity index is 2.03. The van der Waals surface area contributed by atoms with E-state index >= 15 is 0 Å².